The van der Waals surface area contributed by atoms with Crippen molar-refractivity contribution >= 4 is 23.2 Å². The summed E-state index contributed by atoms with van der Waals surface area (Å²) in [6.07, 6.45) is 0.452. The largest absolute Gasteiger partial charge is 0.490 e. The Morgan fingerprint density at radius 2 is 1.78 bits per heavy atom. The summed E-state index contributed by atoms with van der Waals surface area (Å²) in [6, 6.07) is 4.53. The number of alkyl halides is 3. The van der Waals surface area contributed by atoms with Gasteiger partial charge in [-0.2, -0.15) is 13.2 Å². The van der Waals surface area contributed by atoms with Crippen LogP contribution in [0, 0.1) is 6.92 Å². The molecule has 8 nitrogen and oxygen atoms in total. The summed E-state index contributed by atoms with van der Waals surface area (Å²) < 4.78 is 44.5. The molecule has 1 aromatic carbocycles. The van der Waals surface area contributed by atoms with Gasteiger partial charge in [0.15, 0.2) is 0 Å². The summed E-state index contributed by atoms with van der Waals surface area (Å²) >= 11 is 1.48. The van der Waals surface area contributed by atoms with E-state index >= 15 is 0 Å². The number of thiazole rings is 1. The number of rotatable bonds is 6. The quantitative estimate of drug-likeness (QED) is 0.489. The third-order valence-electron chi connectivity index (χ3n) is 6.00. The lowest BCUT2D eigenvalue weighted by molar-refractivity contribution is -0.145. The molecular weight excluding hydrogens is 507 g/mol. The first-order valence-electron chi connectivity index (χ1n) is 11.7. The molecule has 2 aromatic heterocycles. The molecule has 4 rings (SSSR count). The van der Waals surface area contributed by atoms with Crippen LogP contribution in [0.15, 0.2) is 36.8 Å². The molecule has 0 bridgehead atoms. The van der Waals surface area contributed by atoms with Gasteiger partial charge >= 0.3 is 6.18 Å². The van der Waals surface area contributed by atoms with Crippen molar-refractivity contribution in [2.45, 2.75) is 51.9 Å². The van der Waals surface area contributed by atoms with E-state index in [9.17, 15) is 22.8 Å². The van der Waals surface area contributed by atoms with Gasteiger partial charge in [-0.15, -0.1) is 11.3 Å². The van der Waals surface area contributed by atoms with Gasteiger partial charge in [0.05, 0.1) is 6.04 Å². The molecule has 3 aromatic rings. The third kappa shape index (κ3) is 6.62. The summed E-state index contributed by atoms with van der Waals surface area (Å²) in [5, 5.41) is 3.52. The molecule has 0 aliphatic carbocycles. The van der Waals surface area contributed by atoms with Crippen molar-refractivity contribution in [3.8, 4) is 16.3 Å². The highest BCUT2D eigenvalue weighted by atomic mass is 32.1. The Bertz CT molecular complexity index is 1270. The normalized spacial score (nSPS) is 15.4. The van der Waals surface area contributed by atoms with Crippen molar-refractivity contribution < 1.29 is 27.5 Å². The van der Waals surface area contributed by atoms with Crippen molar-refractivity contribution in [2.75, 3.05) is 13.1 Å². The highest BCUT2D eigenvalue weighted by Crippen LogP contribution is 2.31. The highest BCUT2D eigenvalue weighted by molar-refractivity contribution is 7.14. The molecule has 1 N–H and O–H groups in total. The van der Waals surface area contributed by atoms with E-state index in [-0.39, 0.29) is 12.0 Å². The zero-order valence-corrected chi connectivity index (χ0v) is 21.3. The molecule has 1 atom stereocenters. The minimum Gasteiger partial charge on any atom is -0.490 e. The van der Waals surface area contributed by atoms with E-state index in [0.29, 0.717) is 48.4 Å². The molecule has 2 amide bonds. The number of halogens is 3. The first-order valence-corrected chi connectivity index (χ1v) is 12.5. The maximum Gasteiger partial charge on any atom is 0.451 e. The van der Waals surface area contributed by atoms with E-state index in [0.717, 1.165) is 22.3 Å². The topological polar surface area (TPSA) is 97.3 Å². The smallest absolute Gasteiger partial charge is 0.451 e. The predicted molar refractivity (Wildman–Crippen MR) is 131 cm³/mol. The Kier molecular flexibility index (Phi) is 7.76. The fourth-order valence-corrected chi connectivity index (χ4v) is 4.71. The number of hydrogen-bond donors (Lipinski definition) is 1. The molecule has 1 aliphatic heterocycles. The van der Waals surface area contributed by atoms with Crippen LogP contribution in [0.1, 0.15) is 59.4 Å². The second-order valence-electron chi connectivity index (χ2n) is 8.88. The molecule has 37 heavy (non-hydrogen) atoms. The SMILES string of the molecule is CC(=O)N1CCC(Oc2cc(C(=O)NC(C)c3cnc(C(F)(F)F)nc3)cc(-c3ncc(C)s3)c2)CC1. The fourth-order valence-electron chi connectivity index (χ4n) is 3.96. The number of benzene rings is 1. The summed E-state index contributed by atoms with van der Waals surface area (Å²) in [7, 11) is 0. The fraction of sp³-hybridized carbons (Fsp3) is 0.400. The molecule has 3 heterocycles. The van der Waals surface area contributed by atoms with Gasteiger partial charge in [-0.25, -0.2) is 15.0 Å². The molecule has 0 spiro atoms. The Labute approximate surface area is 215 Å². The molecule has 0 radical (unpaired) electrons. The Morgan fingerprint density at radius 3 is 2.35 bits per heavy atom. The average Bonchev–Trinajstić information content (AvgIpc) is 3.30. The molecule has 1 fully saturated rings. The summed E-state index contributed by atoms with van der Waals surface area (Å²) in [5.41, 5.74) is 1.37. The Balaban J connectivity index is 1.53. The van der Waals surface area contributed by atoms with Crippen molar-refractivity contribution in [1.29, 1.82) is 0 Å². The highest BCUT2D eigenvalue weighted by Gasteiger charge is 2.34. The van der Waals surface area contributed by atoms with Gasteiger partial charge in [-0.3, -0.25) is 9.59 Å². The zero-order valence-electron chi connectivity index (χ0n) is 20.5. The number of carbonyl (C=O) groups excluding carboxylic acids is 2. The van der Waals surface area contributed by atoms with Gasteiger partial charge < -0.3 is 15.0 Å². The molecule has 12 heteroatoms. The molecule has 0 saturated carbocycles. The van der Waals surface area contributed by atoms with Crippen LogP contribution in [-0.2, 0) is 11.0 Å². The lowest BCUT2D eigenvalue weighted by Crippen LogP contribution is -2.40. The van der Waals surface area contributed by atoms with Crippen LogP contribution >= 0.6 is 11.3 Å². The van der Waals surface area contributed by atoms with Gasteiger partial charge in [0.2, 0.25) is 11.7 Å². The minimum absolute atomic E-state index is 0.0334. The summed E-state index contributed by atoms with van der Waals surface area (Å²) in [4.78, 5) is 38.7. The summed E-state index contributed by atoms with van der Waals surface area (Å²) in [5.74, 6) is -1.13. The van der Waals surface area contributed by atoms with Crippen molar-refractivity contribution in [3.05, 3.63) is 58.6 Å². The zero-order chi connectivity index (χ0) is 26.7. The van der Waals surface area contributed by atoms with Crippen LogP contribution < -0.4 is 10.1 Å². The van der Waals surface area contributed by atoms with Crippen LogP contribution in [0.4, 0.5) is 13.2 Å². The second kappa shape index (κ2) is 10.8. The molecular formula is C25H26F3N5O3S. The van der Waals surface area contributed by atoms with E-state index < -0.39 is 23.9 Å². The lowest BCUT2D eigenvalue weighted by atomic mass is 10.1. The number of hydrogen-bond acceptors (Lipinski definition) is 7. The van der Waals surface area contributed by atoms with Gasteiger partial charge in [0.25, 0.3) is 5.91 Å². The van der Waals surface area contributed by atoms with Gasteiger partial charge in [0.1, 0.15) is 16.9 Å². The standard InChI is InChI=1S/C25H26F3N5O3S/c1-14-11-29-23(37-14)18-8-17(9-21(10-18)36-20-4-6-33(7-5-20)16(3)34)22(35)32-15(2)19-12-30-24(31-13-19)25(26,27)28/h8-13,15,20H,4-7H2,1-3H3,(H,32,35). The molecule has 1 aliphatic rings. The van der Waals surface area contributed by atoms with E-state index in [1.807, 2.05) is 13.0 Å². The van der Waals surface area contributed by atoms with Crippen LogP contribution in [0.5, 0.6) is 5.75 Å². The number of aromatic nitrogens is 3. The van der Waals surface area contributed by atoms with E-state index in [2.05, 4.69) is 20.3 Å². The average molecular weight is 534 g/mol. The minimum atomic E-state index is -4.64. The van der Waals surface area contributed by atoms with Crippen LogP contribution in [-0.4, -0.2) is 50.9 Å². The maximum absolute atomic E-state index is 13.2. The second-order valence-corrected chi connectivity index (χ2v) is 10.1. The predicted octanol–water partition coefficient (Wildman–Crippen LogP) is 4.81. The maximum atomic E-state index is 13.2. The number of likely N-dealkylation sites (tertiary alicyclic amines) is 1. The van der Waals surface area contributed by atoms with E-state index in [1.165, 1.54) is 11.3 Å². The van der Waals surface area contributed by atoms with Crippen molar-refractivity contribution in [1.82, 2.24) is 25.2 Å². The first-order chi connectivity index (χ1) is 17.5. The number of aryl methyl sites for hydroxylation is 1. The molecule has 196 valence electrons. The van der Waals surface area contributed by atoms with Gasteiger partial charge in [-0.05, 0) is 32.0 Å². The Hall–Kier alpha value is -3.54. The lowest BCUT2D eigenvalue weighted by Gasteiger charge is -2.31. The van der Waals surface area contributed by atoms with Crippen molar-refractivity contribution in [2.24, 2.45) is 0 Å². The monoisotopic (exact) mass is 533 g/mol. The first kappa shape index (κ1) is 26.5. The molecule has 1 saturated heterocycles. The summed E-state index contributed by atoms with van der Waals surface area (Å²) in [6.45, 7) is 6.32. The Morgan fingerprint density at radius 1 is 1.11 bits per heavy atom. The number of amides is 2. The van der Waals surface area contributed by atoms with Crippen LogP contribution in [0.25, 0.3) is 10.6 Å². The van der Waals surface area contributed by atoms with Crippen molar-refractivity contribution in [3.63, 3.8) is 0 Å². The van der Waals surface area contributed by atoms with E-state index in [1.54, 1.807) is 37.1 Å². The third-order valence-corrected chi connectivity index (χ3v) is 6.96. The molecule has 1 unspecified atom stereocenters. The number of nitrogens with one attached hydrogen (secondary N) is 1. The van der Waals surface area contributed by atoms with Gasteiger partial charge in [0, 0.05) is 73.0 Å². The number of ether oxygens (including phenoxy) is 1. The van der Waals surface area contributed by atoms with Crippen LogP contribution in [0.3, 0.4) is 0 Å². The van der Waals surface area contributed by atoms with Gasteiger partial charge in [-0.1, -0.05) is 0 Å². The van der Waals surface area contributed by atoms with Crippen LogP contribution in [0.2, 0.25) is 0 Å². The number of nitrogens with zero attached hydrogens (tertiary/aromatic N) is 4. The number of piperidine rings is 1. The number of carbonyl (C=O) groups is 2. The van der Waals surface area contributed by atoms with E-state index in [4.69, 9.17) is 4.74 Å².